The zero-order chi connectivity index (χ0) is 11.1. The molecule has 0 saturated carbocycles. The molecular weight excluding hydrogens is 190 g/mol. The van der Waals surface area contributed by atoms with Crippen LogP contribution < -0.4 is 5.73 Å². The summed E-state index contributed by atoms with van der Waals surface area (Å²) in [4.78, 5) is 10.3. The molecule has 3 N–H and O–H groups in total. The van der Waals surface area contributed by atoms with Gasteiger partial charge < -0.3 is 10.8 Å². The van der Waals surface area contributed by atoms with Gasteiger partial charge in [-0.1, -0.05) is 30.3 Å². The molecule has 0 aromatic heterocycles. The van der Waals surface area contributed by atoms with Crippen LogP contribution in [0.5, 0.6) is 0 Å². The lowest BCUT2D eigenvalue weighted by Crippen LogP contribution is -2.02. The van der Waals surface area contributed by atoms with Crippen molar-refractivity contribution in [2.45, 2.75) is 19.3 Å². The molecular formula is C12H15NO2. The van der Waals surface area contributed by atoms with Crippen LogP contribution in [0.25, 0.3) is 0 Å². The van der Waals surface area contributed by atoms with Gasteiger partial charge in [-0.05, 0) is 24.8 Å². The van der Waals surface area contributed by atoms with E-state index in [1.165, 1.54) is 5.56 Å². The summed E-state index contributed by atoms with van der Waals surface area (Å²) in [6.07, 6.45) is 3.49. The summed E-state index contributed by atoms with van der Waals surface area (Å²) in [5.41, 5.74) is 7.20. The highest BCUT2D eigenvalue weighted by atomic mass is 16.4. The highest BCUT2D eigenvalue weighted by molar-refractivity contribution is 5.80. The minimum absolute atomic E-state index is 0.429. The van der Waals surface area contributed by atoms with Gasteiger partial charge >= 0.3 is 5.97 Å². The van der Waals surface area contributed by atoms with Crippen LogP contribution in [-0.2, 0) is 11.2 Å². The number of hydrogen-bond acceptors (Lipinski definition) is 2. The third-order valence-corrected chi connectivity index (χ3v) is 2.08. The molecule has 0 radical (unpaired) electrons. The highest BCUT2D eigenvalue weighted by Crippen LogP contribution is 2.06. The first-order valence-corrected chi connectivity index (χ1v) is 4.91. The van der Waals surface area contributed by atoms with E-state index < -0.39 is 5.97 Å². The van der Waals surface area contributed by atoms with Gasteiger partial charge in [0.1, 0.15) is 0 Å². The van der Waals surface area contributed by atoms with Gasteiger partial charge in [0.05, 0.1) is 0 Å². The molecule has 80 valence electrons. The summed E-state index contributed by atoms with van der Waals surface area (Å²) in [6.45, 7) is 0. The van der Waals surface area contributed by atoms with E-state index >= 15 is 0 Å². The van der Waals surface area contributed by atoms with Crippen molar-refractivity contribution in [1.29, 1.82) is 0 Å². The Labute approximate surface area is 89.2 Å². The van der Waals surface area contributed by atoms with Gasteiger partial charge in [-0.15, -0.1) is 0 Å². The van der Waals surface area contributed by atoms with Crippen molar-refractivity contribution in [3.63, 3.8) is 0 Å². The number of aliphatic carboxylic acids is 1. The van der Waals surface area contributed by atoms with Crippen LogP contribution in [0.15, 0.2) is 42.1 Å². The number of aryl methyl sites for hydroxylation is 1. The lowest BCUT2D eigenvalue weighted by molar-refractivity contribution is -0.131. The van der Waals surface area contributed by atoms with Gasteiger partial charge in [-0.3, -0.25) is 0 Å². The first kappa shape index (κ1) is 11.3. The zero-order valence-electron chi connectivity index (χ0n) is 8.52. The van der Waals surface area contributed by atoms with Gasteiger partial charge in [0.2, 0.25) is 0 Å². The van der Waals surface area contributed by atoms with Crippen molar-refractivity contribution in [2.75, 3.05) is 0 Å². The van der Waals surface area contributed by atoms with Crippen molar-refractivity contribution in [2.24, 2.45) is 5.73 Å². The van der Waals surface area contributed by atoms with Gasteiger partial charge in [0, 0.05) is 11.8 Å². The topological polar surface area (TPSA) is 63.3 Å². The molecule has 1 rings (SSSR count). The van der Waals surface area contributed by atoms with Crippen molar-refractivity contribution >= 4 is 5.97 Å². The van der Waals surface area contributed by atoms with Gasteiger partial charge in [0.25, 0.3) is 0 Å². The Bertz CT molecular complexity index is 344. The van der Waals surface area contributed by atoms with Crippen LogP contribution >= 0.6 is 0 Å². The molecule has 1 aromatic carbocycles. The molecule has 0 aliphatic carbocycles. The molecule has 0 heterocycles. The van der Waals surface area contributed by atoms with Gasteiger partial charge in [-0.25, -0.2) is 4.79 Å². The fourth-order valence-corrected chi connectivity index (χ4v) is 1.37. The fourth-order valence-electron chi connectivity index (χ4n) is 1.37. The number of carbonyl (C=O) groups is 1. The van der Waals surface area contributed by atoms with Crippen molar-refractivity contribution in [3.05, 3.63) is 47.7 Å². The lowest BCUT2D eigenvalue weighted by Gasteiger charge is -2.01. The average Bonchev–Trinajstić information content (AvgIpc) is 2.18. The quantitative estimate of drug-likeness (QED) is 0.722. The smallest absolute Gasteiger partial charge is 0.330 e. The summed E-state index contributed by atoms with van der Waals surface area (Å²) in [6, 6.07) is 10.1. The summed E-state index contributed by atoms with van der Waals surface area (Å²) in [7, 11) is 0. The SMILES string of the molecule is NC(=CC(=O)O)CCCc1ccccc1. The predicted molar refractivity (Wildman–Crippen MR) is 59.3 cm³/mol. The summed E-state index contributed by atoms with van der Waals surface area (Å²) < 4.78 is 0. The van der Waals surface area contributed by atoms with E-state index in [0.29, 0.717) is 12.1 Å². The molecule has 3 nitrogen and oxygen atoms in total. The van der Waals surface area contributed by atoms with E-state index in [0.717, 1.165) is 18.9 Å². The Hall–Kier alpha value is -1.77. The molecule has 1 aromatic rings. The Kier molecular flexibility index (Phi) is 4.41. The first-order chi connectivity index (χ1) is 7.18. The zero-order valence-corrected chi connectivity index (χ0v) is 8.52. The van der Waals surface area contributed by atoms with Crippen LogP contribution in [-0.4, -0.2) is 11.1 Å². The highest BCUT2D eigenvalue weighted by Gasteiger charge is 1.96. The average molecular weight is 205 g/mol. The second-order valence-electron chi connectivity index (χ2n) is 3.40. The normalized spacial score (nSPS) is 11.3. The molecule has 3 heteroatoms. The molecule has 0 spiro atoms. The van der Waals surface area contributed by atoms with E-state index in [2.05, 4.69) is 12.1 Å². The van der Waals surface area contributed by atoms with Crippen molar-refractivity contribution < 1.29 is 9.90 Å². The largest absolute Gasteiger partial charge is 0.478 e. The van der Waals surface area contributed by atoms with E-state index in [1.807, 2.05) is 18.2 Å². The molecule has 0 bridgehead atoms. The molecule has 15 heavy (non-hydrogen) atoms. The maximum absolute atomic E-state index is 10.3. The molecule has 0 atom stereocenters. The molecule has 0 amide bonds. The van der Waals surface area contributed by atoms with Crippen LogP contribution in [0.3, 0.4) is 0 Å². The molecule has 0 fully saturated rings. The Morgan fingerprint density at radius 1 is 1.33 bits per heavy atom. The summed E-state index contributed by atoms with van der Waals surface area (Å²) in [5.74, 6) is -0.979. The van der Waals surface area contributed by atoms with E-state index in [-0.39, 0.29) is 0 Å². The number of carboxylic acid groups (broad SMARTS) is 1. The number of hydrogen-bond donors (Lipinski definition) is 2. The number of rotatable bonds is 5. The third-order valence-electron chi connectivity index (χ3n) is 2.08. The predicted octanol–water partition coefficient (Wildman–Crippen LogP) is 1.94. The number of benzene rings is 1. The van der Waals surface area contributed by atoms with Crippen LogP contribution in [0.2, 0.25) is 0 Å². The third kappa shape index (κ3) is 4.86. The maximum atomic E-state index is 10.3. The van der Waals surface area contributed by atoms with Crippen LogP contribution in [0, 0.1) is 0 Å². The first-order valence-electron chi connectivity index (χ1n) is 4.91. The summed E-state index contributed by atoms with van der Waals surface area (Å²) >= 11 is 0. The standard InChI is InChI=1S/C12H15NO2/c13-11(9-12(14)15)8-4-7-10-5-2-1-3-6-10/h1-3,5-6,9H,4,7-8,13H2,(H,14,15). The molecule has 0 unspecified atom stereocenters. The fraction of sp³-hybridized carbons (Fsp3) is 0.250. The van der Waals surface area contributed by atoms with Crippen molar-refractivity contribution in [3.8, 4) is 0 Å². The second kappa shape index (κ2) is 5.86. The van der Waals surface area contributed by atoms with Crippen LogP contribution in [0.4, 0.5) is 0 Å². The van der Waals surface area contributed by atoms with Gasteiger partial charge in [-0.2, -0.15) is 0 Å². The number of nitrogens with two attached hydrogens (primary N) is 1. The monoisotopic (exact) mass is 205 g/mol. The maximum Gasteiger partial charge on any atom is 0.330 e. The molecule has 0 aliphatic rings. The minimum Gasteiger partial charge on any atom is -0.478 e. The van der Waals surface area contributed by atoms with Crippen LogP contribution in [0.1, 0.15) is 18.4 Å². The van der Waals surface area contributed by atoms with Crippen molar-refractivity contribution in [1.82, 2.24) is 0 Å². The second-order valence-corrected chi connectivity index (χ2v) is 3.40. The van der Waals surface area contributed by atoms with Gasteiger partial charge in [0.15, 0.2) is 0 Å². The van der Waals surface area contributed by atoms with E-state index in [4.69, 9.17) is 10.8 Å². The summed E-state index contributed by atoms with van der Waals surface area (Å²) in [5, 5.41) is 8.44. The molecule has 0 aliphatic heterocycles. The Balaban J connectivity index is 2.31. The number of allylic oxidation sites excluding steroid dienone is 1. The Morgan fingerprint density at radius 2 is 2.00 bits per heavy atom. The van der Waals surface area contributed by atoms with E-state index in [9.17, 15) is 4.79 Å². The Morgan fingerprint density at radius 3 is 2.60 bits per heavy atom. The number of carboxylic acids is 1. The van der Waals surface area contributed by atoms with E-state index in [1.54, 1.807) is 0 Å². The lowest BCUT2D eigenvalue weighted by atomic mass is 10.1. The molecule has 0 saturated heterocycles. The minimum atomic E-state index is -0.979.